The van der Waals surface area contributed by atoms with Crippen LogP contribution in [0.5, 0.6) is 0 Å². The van der Waals surface area contributed by atoms with Gasteiger partial charge in [0.2, 0.25) is 0 Å². The van der Waals surface area contributed by atoms with E-state index in [9.17, 15) is 5.11 Å². The highest BCUT2D eigenvalue weighted by Crippen LogP contribution is 2.31. The molecule has 2 heterocycles. The number of hydrogen-bond acceptors (Lipinski definition) is 5. The van der Waals surface area contributed by atoms with Crippen molar-refractivity contribution in [1.29, 1.82) is 0 Å². The average Bonchev–Trinajstić information content (AvgIpc) is 2.84. The van der Waals surface area contributed by atoms with Crippen molar-refractivity contribution >= 4 is 27.4 Å². The molecule has 0 saturated heterocycles. The highest BCUT2D eigenvalue weighted by molar-refractivity contribution is 7.15. The van der Waals surface area contributed by atoms with Crippen LogP contribution < -0.4 is 5.73 Å². The smallest absolute Gasteiger partial charge is 0.180 e. The highest BCUT2D eigenvalue weighted by atomic mass is 32.1. The van der Waals surface area contributed by atoms with Crippen LogP contribution in [0.25, 0.3) is 10.9 Å². The molecule has 18 heavy (non-hydrogen) atoms. The van der Waals surface area contributed by atoms with E-state index < -0.39 is 6.10 Å². The normalized spacial score (nSPS) is 12.7. The molecule has 0 amide bonds. The molecule has 90 valence electrons. The molecule has 0 bridgehead atoms. The standard InChI is InChI=1S/C13H11N3OS/c14-13-16-7-10(18-13)12(17)9-5-1-3-8-4-2-6-15-11(8)9/h1-7,12,17H,(H2,14,16). The third-order valence-corrected chi connectivity index (χ3v) is 3.65. The van der Waals surface area contributed by atoms with Crippen molar-refractivity contribution < 1.29 is 5.11 Å². The molecule has 0 saturated carbocycles. The molecule has 0 fully saturated rings. The van der Waals surface area contributed by atoms with E-state index in [1.807, 2.05) is 30.3 Å². The molecule has 0 aliphatic rings. The van der Waals surface area contributed by atoms with E-state index in [2.05, 4.69) is 9.97 Å². The highest BCUT2D eigenvalue weighted by Gasteiger charge is 2.16. The number of aliphatic hydroxyl groups is 1. The maximum atomic E-state index is 10.4. The lowest BCUT2D eigenvalue weighted by molar-refractivity contribution is 0.225. The van der Waals surface area contributed by atoms with Gasteiger partial charge in [0, 0.05) is 23.3 Å². The van der Waals surface area contributed by atoms with Crippen molar-refractivity contribution in [2.24, 2.45) is 0 Å². The number of benzene rings is 1. The zero-order valence-electron chi connectivity index (χ0n) is 9.45. The molecule has 3 N–H and O–H groups in total. The summed E-state index contributed by atoms with van der Waals surface area (Å²) in [5, 5.41) is 11.8. The van der Waals surface area contributed by atoms with Crippen molar-refractivity contribution in [1.82, 2.24) is 9.97 Å². The Morgan fingerprint density at radius 1 is 1.17 bits per heavy atom. The monoisotopic (exact) mass is 257 g/mol. The summed E-state index contributed by atoms with van der Waals surface area (Å²) < 4.78 is 0. The predicted molar refractivity (Wildman–Crippen MR) is 72.3 cm³/mol. The molecule has 4 nitrogen and oxygen atoms in total. The molecule has 0 radical (unpaired) electrons. The summed E-state index contributed by atoms with van der Waals surface area (Å²) >= 11 is 1.29. The Labute approximate surface area is 108 Å². The van der Waals surface area contributed by atoms with E-state index in [0.717, 1.165) is 21.3 Å². The molecule has 0 aliphatic heterocycles. The molecular formula is C13H11N3OS. The van der Waals surface area contributed by atoms with Crippen molar-refractivity contribution in [3.8, 4) is 0 Å². The van der Waals surface area contributed by atoms with E-state index >= 15 is 0 Å². The number of nitrogen functional groups attached to an aromatic ring is 1. The van der Waals surface area contributed by atoms with Crippen LogP contribution in [0.15, 0.2) is 42.7 Å². The van der Waals surface area contributed by atoms with Gasteiger partial charge in [-0.2, -0.15) is 0 Å². The molecule has 1 aromatic carbocycles. The van der Waals surface area contributed by atoms with Crippen molar-refractivity contribution in [3.63, 3.8) is 0 Å². The third-order valence-electron chi connectivity index (χ3n) is 2.77. The van der Waals surface area contributed by atoms with Gasteiger partial charge in [-0.3, -0.25) is 4.98 Å². The van der Waals surface area contributed by atoms with E-state index in [4.69, 9.17) is 5.73 Å². The maximum Gasteiger partial charge on any atom is 0.180 e. The van der Waals surface area contributed by atoms with Crippen LogP contribution in [-0.2, 0) is 0 Å². The molecule has 3 aromatic rings. The first-order valence-corrected chi connectivity index (χ1v) is 6.30. The molecule has 2 aromatic heterocycles. The minimum atomic E-state index is -0.738. The zero-order valence-corrected chi connectivity index (χ0v) is 10.3. The summed E-state index contributed by atoms with van der Waals surface area (Å²) in [4.78, 5) is 9.01. The summed E-state index contributed by atoms with van der Waals surface area (Å²) in [5.74, 6) is 0. The molecule has 1 unspecified atom stereocenters. The molecule has 1 atom stereocenters. The van der Waals surface area contributed by atoms with Crippen molar-refractivity contribution in [2.75, 3.05) is 5.73 Å². The number of rotatable bonds is 2. The topological polar surface area (TPSA) is 72.0 Å². The Balaban J connectivity index is 2.14. The van der Waals surface area contributed by atoms with Gasteiger partial charge in [-0.25, -0.2) is 4.98 Å². The second-order valence-corrected chi connectivity index (χ2v) is 5.02. The Bertz CT molecular complexity index is 690. The minimum absolute atomic E-state index is 0.456. The first-order valence-electron chi connectivity index (χ1n) is 5.48. The van der Waals surface area contributed by atoms with Crippen LogP contribution in [0.3, 0.4) is 0 Å². The first-order chi connectivity index (χ1) is 8.75. The van der Waals surface area contributed by atoms with Crippen molar-refractivity contribution in [3.05, 3.63) is 53.2 Å². The predicted octanol–water partition coefficient (Wildman–Crippen LogP) is 2.36. The lowest BCUT2D eigenvalue weighted by Gasteiger charge is -2.10. The zero-order chi connectivity index (χ0) is 12.5. The number of aliphatic hydroxyl groups excluding tert-OH is 1. The van der Waals surface area contributed by atoms with Gasteiger partial charge in [-0.1, -0.05) is 35.6 Å². The van der Waals surface area contributed by atoms with Crippen LogP contribution in [0.2, 0.25) is 0 Å². The number of fused-ring (bicyclic) bond motifs is 1. The fraction of sp³-hybridized carbons (Fsp3) is 0.0769. The van der Waals surface area contributed by atoms with Gasteiger partial charge >= 0.3 is 0 Å². The molecule has 0 aliphatic carbocycles. The van der Waals surface area contributed by atoms with Gasteiger partial charge in [-0.15, -0.1) is 0 Å². The number of anilines is 1. The Hall–Kier alpha value is -1.98. The SMILES string of the molecule is Nc1ncc(C(O)c2cccc3cccnc23)s1. The van der Waals surface area contributed by atoms with Gasteiger partial charge < -0.3 is 10.8 Å². The number of hydrogen-bond donors (Lipinski definition) is 2. The van der Waals surface area contributed by atoms with Crippen LogP contribution >= 0.6 is 11.3 Å². The van der Waals surface area contributed by atoms with Crippen molar-refractivity contribution in [2.45, 2.75) is 6.10 Å². The van der Waals surface area contributed by atoms with Crippen LogP contribution in [0.4, 0.5) is 5.13 Å². The Morgan fingerprint density at radius 3 is 2.78 bits per heavy atom. The quantitative estimate of drug-likeness (QED) is 0.739. The number of para-hydroxylation sites is 1. The maximum absolute atomic E-state index is 10.4. The number of nitrogens with zero attached hydrogens (tertiary/aromatic N) is 2. The van der Waals surface area contributed by atoms with Gasteiger partial charge in [0.25, 0.3) is 0 Å². The lowest BCUT2D eigenvalue weighted by atomic mass is 10.0. The Morgan fingerprint density at radius 2 is 2.00 bits per heavy atom. The van der Waals surface area contributed by atoms with Gasteiger partial charge in [0.1, 0.15) is 6.10 Å². The number of pyridine rings is 1. The number of nitrogens with two attached hydrogens (primary N) is 1. The lowest BCUT2D eigenvalue weighted by Crippen LogP contribution is -1.99. The first kappa shape index (κ1) is 11.1. The largest absolute Gasteiger partial charge is 0.383 e. The molecule has 0 spiro atoms. The van der Waals surface area contributed by atoms with E-state index in [0.29, 0.717) is 5.13 Å². The minimum Gasteiger partial charge on any atom is -0.383 e. The third kappa shape index (κ3) is 1.83. The van der Waals surface area contributed by atoms with E-state index in [1.54, 1.807) is 12.4 Å². The summed E-state index contributed by atoms with van der Waals surface area (Å²) in [5.41, 5.74) is 7.17. The fourth-order valence-corrected chi connectivity index (χ4v) is 2.62. The van der Waals surface area contributed by atoms with Crippen LogP contribution in [0, 0.1) is 0 Å². The van der Waals surface area contributed by atoms with Gasteiger partial charge in [-0.05, 0) is 6.07 Å². The number of thiazole rings is 1. The summed E-state index contributed by atoms with van der Waals surface area (Å²) in [6, 6.07) is 9.60. The second-order valence-electron chi connectivity index (χ2n) is 3.93. The fourth-order valence-electron chi connectivity index (χ4n) is 1.93. The van der Waals surface area contributed by atoms with E-state index in [1.165, 1.54) is 11.3 Å². The molecule has 5 heteroatoms. The summed E-state index contributed by atoms with van der Waals surface area (Å²) in [6.07, 6.45) is 2.59. The van der Waals surface area contributed by atoms with Crippen LogP contribution in [-0.4, -0.2) is 15.1 Å². The Kier molecular flexibility index (Phi) is 2.70. The number of aromatic nitrogens is 2. The molecule has 3 rings (SSSR count). The molecular weight excluding hydrogens is 246 g/mol. The van der Waals surface area contributed by atoms with Gasteiger partial charge in [0.15, 0.2) is 5.13 Å². The average molecular weight is 257 g/mol. The second kappa shape index (κ2) is 4.36. The van der Waals surface area contributed by atoms with Crippen LogP contribution in [0.1, 0.15) is 16.5 Å². The summed E-state index contributed by atoms with van der Waals surface area (Å²) in [6.45, 7) is 0. The summed E-state index contributed by atoms with van der Waals surface area (Å²) in [7, 11) is 0. The van der Waals surface area contributed by atoms with E-state index in [-0.39, 0.29) is 0 Å². The van der Waals surface area contributed by atoms with Gasteiger partial charge in [0.05, 0.1) is 10.4 Å².